The minimum absolute atomic E-state index is 0.606. The van der Waals surface area contributed by atoms with Crippen LogP contribution >= 0.6 is 0 Å². The van der Waals surface area contributed by atoms with Crippen LogP contribution in [0.25, 0.3) is 22.0 Å². The van der Waals surface area contributed by atoms with Crippen LogP contribution in [0.5, 0.6) is 0 Å². The van der Waals surface area contributed by atoms with Gasteiger partial charge in [0.25, 0.3) is 0 Å². The standard InChI is InChI=1S/C25H25N5O/c1-18-6-2-3-8-21(18)19-9-10-22-23(16-19)28-25(30-12-14-31-15-13-30)29-24(22)27-17-20-7-4-5-11-26-20/h2-11,16H,12-15,17H2,1H3,(H,27,28,29). The van der Waals surface area contributed by atoms with Gasteiger partial charge in [-0.1, -0.05) is 36.4 Å². The molecule has 0 aliphatic carbocycles. The third kappa shape index (κ3) is 4.20. The van der Waals surface area contributed by atoms with Crippen molar-refractivity contribution in [1.29, 1.82) is 0 Å². The van der Waals surface area contributed by atoms with Gasteiger partial charge in [-0.2, -0.15) is 4.98 Å². The topological polar surface area (TPSA) is 63.2 Å². The summed E-state index contributed by atoms with van der Waals surface area (Å²) in [5.41, 5.74) is 5.53. The molecule has 0 unspecified atom stereocenters. The highest BCUT2D eigenvalue weighted by Gasteiger charge is 2.17. The van der Waals surface area contributed by atoms with E-state index in [1.807, 2.05) is 24.4 Å². The number of rotatable bonds is 5. The molecule has 6 nitrogen and oxygen atoms in total. The largest absolute Gasteiger partial charge is 0.378 e. The lowest BCUT2D eigenvalue weighted by atomic mass is 9.99. The molecule has 2 aromatic heterocycles. The molecular weight excluding hydrogens is 386 g/mol. The Labute approximate surface area is 181 Å². The number of aromatic nitrogens is 3. The second kappa shape index (κ2) is 8.70. The highest BCUT2D eigenvalue weighted by atomic mass is 16.5. The van der Waals surface area contributed by atoms with Gasteiger partial charge in [0.05, 0.1) is 31.0 Å². The van der Waals surface area contributed by atoms with Crippen LogP contribution in [0, 0.1) is 6.92 Å². The average Bonchev–Trinajstić information content (AvgIpc) is 2.83. The number of hydrogen-bond donors (Lipinski definition) is 1. The summed E-state index contributed by atoms with van der Waals surface area (Å²) in [7, 11) is 0. The van der Waals surface area contributed by atoms with E-state index in [1.165, 1.54) is 11.1 Å². The molecule has 0 saturated carbocycles. The van der Waals surface area contributed by atoms with Crippen LogP contribution in [0.4, 0.5) is 11.8 Å². The molecule has 1 fully saturated rings. The molecule has 0 amide bonds. The number of anilines is 2. The third-order valence-electron chi connectivity index (χ3n) is 5.60. The van der Waals surface area contributed by atoms with Crippen molar-refractivity contribution in [2.75, 3.05) is 36.5 Å². The van der Waals surface area contributed by atoms with E-state index >= 15 is 0 Å². The molecule has 1 N–H and O–H groups in total. The second-order valence-corrected chi connectivity index (χ2v) is 7.69. The van der Waals surface area contributed by atoms with Crippen molar-refractivity contribution in [3.63, 3.8) is 0 Å². The van der Waals surface area contributed by atoms with Crippen molar-refractivity contribution in [3.8, 4) is 11.1 Å². The van der Waals surface area contributed by atoms with Gasteiger partial charge in [0.2, 0.25) is 5.95 Å². The minimum atomic E-state index is 0.606. The van der Waals surface area contributed by atoms with Crippen molar-refractivity contribution in [1.82, 2.24) is 15.0 Å². The van der Waals surface area contributed by atoms with Gasteiger partial charge in [0, 0.05) is 24.7 Å². The third-order valence-corrected chi connectivity index (χ3v) is 5.60. The van der Waals surface area contributed by atoms with Crippen molar-refractivity contribution >= 4 is 22.7 Å². The van der Waals surface area contributed by atoms with Gasteiger partial charge in [-0.3, -0.25) is 4.98 Å². The van der Waals surface area contributed by atoms with Crippen LogP contribution in [0.3, 0.4) is 0 Å². The maximum Gasteiger partial charge on any atom is 0.228 e. The lowest BCUT2D eigenvalue weighted by molar-refractivity contribution is 0.122. The first-order valence-corrected chi connectivity index (χ1v) is 10.6. The van der Waals surface area contributed by atoms with Crippen LogP contribution in [0.15, 0.2) is 66.9 Å². The number of ether oxygens (including phenoxy) is 1. The number of fused-ring (bicyclic) bond motifs is 1. The Balaban J connectivity index is 1.57. The lowest BCUT2D eigenvalue weighted by Crippen LogP contribution is -2.37. The molecular formula is C25H25N5O. The number of nitrogens with zero attached hydrogens (tertiary/aromatic N) is 4. The zero-order chi connectivity index (χ0) is 21.0. The highest BCUT2D eigenvalue weighted by Crippen LogP contribution is 2.30. The van der Waals surface area contributed by atoms with Crippen molar-refractivity contribution < 1.29 is 4.74 Å². The highest BCUT2D eigenvalue weighted by molar-refractivity contribution is 5.93. The summed E-state index contributed by atoms with van der Waals surface area (Å²) < 4.78 is 5.51. The summed E-state index contributed by atoms with van der Waals surface area (Å²) in [5.74, 6) is 1.56. The van der Waals surface area contributed by atoms with Crippen LogP contribution in [-0.2, 0) is 11.3 Å². The molecule has 4 aromatic rings. The minimum Gasteiger partial charge on any atom is -0.378 e. The normalized spacial score (nSPS) is 14.0. The van der Waals surface area contributed by atoms with E-state index < -0.39 is 0 Å². The van der Waals surface area contributed by atoms with E-state index in [9.17, 15) is 0 Å². The molecule has 2 aromatic carbocycles. The van der Waals surface area contributed by atoms with Crippen LogP contribution < -0.4 is 10.2 Å². The van der Waals surface area contributed by atoms with Crippen LogP contribution in [0.2, 0.25) is 0 Å². The molecule has 31 heavy (non-hydrogen) atoms. The van der Waals surface area contributed by atoms with Gasteiger partial charge in [0.1, 0.15) is 5.82 Å². The Bertz CT molecular complexity index is 1190. The predicted octanol–water partition coefficient (Wildman–Crippen LogP) is 4.45. The first-order valence-electron chi connectivity index (χ1n) is 10.6. The van der Waals surface area contributed by atoms with Gasteiger partial charge in [-0.05, 0) is 47.9 Å². The van der Waals surface area contributed by atoms with Crippen molar-refractivity contribution in [2.45, 2.75) is 13.5 Å². The van der Waals surface area contributed by atoms with Crippen molar-refractivity contribution in [3.05, 3.63) is 78.1 Å². The molecule has 6 heteroatoms. The van der Waals surface area contributed by atoms with Gasteiger partial charge in [-0.15, -0.1) is 0 Å². The number of pyridine rings is 1. The van der Waals surface area contributed by atoms with E-state index in [1.54, 1.807) is 0 Å². The molecule has 5 rings (SSSR count). The summed E-state index contributed by atoms with van der Waals surface area (Å²) >= 11 is 0. The molecule has 1 aliphatic heterocycles. The van der Waals surface area contributed by atoms with E-state index in [2.05, 4.69) is 64.6 Å². The molecule has 3 heterocycles. The number of hydrogen-bond acceptors (Lipinski definition) is 6. The van der Waals surface area contributed by atoms with E-state index in [4.69, 9.17) is 14.7 Å². The fourth-order valence-corrected chi connectivity index (χ4v) is 3.90. The molecule has 0 atom stereocenters. The van der Waals surface area contributed by atoms with Gasteiger partial charge in [0.15, 0.2) is 0 Å². The Morgan fingerprint density at radius 1 is 0.968 bits per heavy atom. The van der Waals surface area contributed by atoms with E-state index in [0.717, 1.165) is 47.0 Å². The molecule has 1 aliphatic rings. The quantitative estimate of drug-likeness (QED) is 0.524. The summed E-state index contributed by atoms with van der Waals surface area (Å²) in [6, 6.07) is 20.8. The fourth-order valence-electron chi connectivity index (χ4n) is 3.90. The Morgan fingerprint density at radius 2 is 1.81 bits per heavy atom. The number of aryl methyl sites for hydroxylation is 1. The Kier molecular flexibility index (Phi) is 5.46. The maximum absolute atomic E-state index is 5.51. The van der Waals surface area contributed by atoms with E-state index in [0.29, 0.717) is 19.8 Å². The Hall–Kier alpha value is -3.51. The average molecular weight is 412 g/mol. The molecule has 1 saturated heterocycles. The van der Waals surface area contributed by atoms with Crippen LogP contribution in [0.1, 0.15) is 11.3 Å². The first kappa shape index (κ1) is 19.5. The SMILES string of the molecule is Cc1ccccc1-c1ccc2c(NCc3ccccn3)nc(N3CCOCC3)nc2c1. The summed E-state index contributed by atoms with van der Waals surface area (Å²) in [6.07, 6.45) is 1.81. The molecule has 0 radical (unpaired) electrons. The van der Waals surface area contributed by atoms with Gasteiger partial charge < -0.3 is 15.0 Å². The number of morpholine rings is 1. The van der Waals surface area contributed by atoms with E-state index in [-0.39, 0.29) is 0 Å². The summed E-state index contributed by atoms with van der Waals surface area (Å²) in [5, 5.41) is 4.49. The number of nitrogens with one attached hydrogen (secondary N) is 1. The Morgan fingerprint density at radius 3 is 2.61 bits per heavy atom. The monoisotopic (exact) mass is 411 g/mol. The predicted molar refractivity (Wildman–Crippen MR) is 124 cm³/mol. The first-order chi connectivity index (χ1) is 15.3. The zero-order valence-corrected chi connectivity index (χ0v) is 17.6. The maximum atomic E-state index is 5.51. The molecule has 156 valence electrons. The summed E-state index contributed by atoms with van der Waals surface area (Å²) in [4.78, 5) is 16.4. The van der Waals surface area contributed by atoms with Crippen molar-refractivity contribution in [2.24, 2.45) is 0 Å². The zero-order valence-electron chi connectivity index (χ0n) is 17.6. The lowest BCUT2D eigenvalue weighted by Gasteiger charge is -2.27. The van der Waals surface area contributed by atoms with Gasteiger partial charge >= 0.3 is 0 Å². The smallest absolute Gasteiger partial charge is 0.228 e. The number of benzene rings is 2. The summed E-state index contributed by atoms with van der Waals surface area (Å²) in [6.45, 7) is 5.72. The van der Waals surface area contributed by atoms with Crippen LogP contribution in [-0.4, -0.2) is 41.3 Å². The fraction of sp³-hybridized carbons (Fsp3) is 0.240. The molecule has 0 spiro atoms. The van der Waals surface area contributed by atoms with Gasteiger partial charge in [-0.25, -0.2) is 4.98 Å². The second-order valence-electron chi connectivity index (χ2n) is 7.69. The molecule has 0 bridgehead atoms.